The zero-order valence-electron chi connectivity index (χ0n) is 24.3. The summed E-state index contributed by atoms with van der Waals surface area (Å²) in [6, 6.07) is 13.5. The number of urea groups is 1. The third kappa shape index (κ3) is 6.86. The van der Waals surface area contributed by atoms with Crippen LogP contribution in [0, 0.1) is 0 Å². The number of morpholine rings is 1. The van der Waals surface area contributed by atoms with Gasteiger partial charge in [0.1, 0.15) is 24.7 Å². The topological polar surface area (TPSA) is 110 Å². The SMILES string of the molecule is CN(C)CCOc1ccc(NC(=O)Nc2ccc(-c3nc(N4CC5CCC4CO5)c4cnn(CC(F)(F)F)c4n3)cc2)cc1. The fraction of sp³-hybridized carbons (Fsp3) is 0.400. The summed E-state index contributed by atoms with van der Waals surface area (Å²) in [5.41, 5.74) is 1.81. The van der Waals surface area contributed by atoms with Gasteiger partial charge in [0.15, 0.2) is 11.5 Å². The van der Waals surface area contributed by atoms with E-state index in [1.807, 2.05) is 19.0 Å². The quantitative estimate of drug-likeness (QED) is 0.272. The maximum Gasteiger partial charge on any atom is 0.408 e. The van der Waals surface area contributed by atoms with Gasteiger partial charge in [-0.1, -0.05) is 0 Å². The molecule has 44 heavy (non-hydrogen) atoms. The molecule has 3 saturated heterocycles. The van der Waals surface area contributed by atoms with Crippen LogP contribution in [0.3, 0.4) is 0 Å². The number of piperidine rings is 1. The predicted octanol–water partition coefficient (Wildman–Crippen LogP) is 5.01. The number of amides is 2. The van der Waals surface area contributed by atoms with Crippen LogP contribution in [0.1, 0.15) is 12.8 Å². The summed E-state index contributed by atoms with van der Waals surface area (Å²) < 4.78 is 52.4. The molecule has 3 aliphatic heterocycles. The number of nitrogens with one attached hydrogen (secondary N) is 2. The van der Waals surface area contributed by atoms with Gasteiger partial charge in [0.05, 0.1) is 30.3 Å². The van der Waals surface area contributed by atoms with E-state index >= 15 is 0 Å². The number of benzene rings is 2. The highest BCUT2D eigenvalue weighted by Gasteiger charge is 2.37. The monoisotopic (exact) mass is 610 g/mol. The summed E-state index contributed by atoms with van der Waals surface area (Å²) in [5.74, 6) is 1.52. The molecule has 2 atom stereocenters. The van der Waals surface area contributed by atoms with E-state index in [-0.39, 0.29) is 23.6 Å². The normalized spacial score (nSPS) is 18.2. The molecule has 4 aromatic rings. The third-order valence-electron chi connectivity index (χ3n) is 7.58. The lowest BCUT2D eigenvalue weighted by atomic mass is 9.97. The number of alkyl halides is 3. The molecule has 0 radical (unpaired) electrons. The van der Waals surface area contributed by atoms with Crippen LogP contribution in [0.25, 0.3) is 22.4 Å². The molecule has 2 aromatic heterocycles. The minimum atomic E-state index is -4.46. The number of nitrogens with zero attached hydrogens (tertiary/aromatic N) is 6. The summed E-state index contributed by atoms with van der Waals surface area (Å²) in [7, 11) is 3.94. The molecule has 2 N–H and O–H groups in total. The maximum atomic E-state index is 13.3. The van der Waals surface area contributed by atoms with E-state index in [1.54, 1.807) is 48.5 Å². The molecule has 2 amide bonds. The molecule has 0 spiro atoms. The lowest BCUT2D eigenvalue weighted by Crippen LogP contribution is -2.55. The van der Waals surface area contributed by atoms with Gasteiger partial charge < -0.3 is 29.9 Å². The Balaban J connectivity index is 1.18. The smallest absolute Gasteiger partial charge is 0.408 e. The second-order valence-corrected chi connectivity index (χ2v) is 11.2. The Morgan fingerprint density at radius 2 is 1.75 bits per heavy atom. The van der Waals surface area contributed by atoms with Gasteiger partial charge in [-0.3, -0.25) is 0 Å². The Kier molecular flexibility index (Phi) is 8.27. The average Bonchev–Trinajstić information content (AvgIpc) is 3.39. The molecule has 2 unspecified atom stereocenters. The van der Waals surface area contributed by atoms with Crippen LogP contribution in [0.4, 0.5) is 35.2 Å². The third-order valence-corrected chi connectivity index (χ3v) is 7.58. The molecule has 0 aliphatic carbocycles. The van der Waals surface area contributed by atoms with Gasteiger partial charge in [-0.25, -0.2) is 19.4 Å². The minimum Gasteiger partial charge on any atom is -0.492 e. The lowest BCUT2D eigenvalue weighted by Gasteiger charge is -2.45. The van der Waals surface area contributed by atoms with E-state index in [0.29, 0.717) is 53.7 Å². The molecule has 3 aliphatic rings. The van der Waals surface area contributed by atoms with Crippen molar-refractivity contribution in [3.8, 4) is 17.1 Å². The number of anilines is 3. The molecular formula is C30H33F3N8O3. The van der Waals surface area contributed by atoms with Gasteiger partial charge in [-0.2, -0.15) is 18.3 Å². The first-order chi connectivity index (χ1) is 21.1. The molecule has 0 saturated carbocycles. The van der Waals surface area contributed by atoms with Gasteiger partial charge in [0.25, 0.3) is 0 Å². The number of fused-ring (bicyclic) bond motifs is 4. The number of carbonyl (C=O) groups is 1. The van der Waals surface area contributed by atoms with Crippen LogP contribution in [-0.2, 0) is 11.3 Å². The van der Waals surface area contributed by atoms with E-state index in [0.717, 1.165) is 24.1 Å². The van der Waals surface area contributed by atoms with Gasteiger partial charge in [-0.05, 0) is 75.5 Å². The highest BCUT2D eigenvalue weighted by Crippen LogP contribution is 2.35. The highest BCUT2D eigenvalue weighted by molar-refractivity contribution is 6.00. The summed E-state index contributed by atoms with van der Waals surface area (Å²) in [5, 5.41) is 10.0. The number of hydrogen-bond donors (Lipinski definition) is 2. The summed E-state index contributed by atoms with van der Waals surface area (Å²) in [4.78, 5) is 26.1. The van der Waals surface area contributed by atoms with Crippen molar-refractivity contribution in [2.75, 3.05) is 55.9 Å². The molecular weight excluding hydrogens is 577 g/mol. The summed E-state index contributed by atoms with van der Waals surface area (Å²) in [6.07, 6.45) is -1.15. The van der Waals surface area contributed by atoms with Gasteiger partial charge >= 0.3 is 12.2 Å². The van der Waals surface area contributed by atoms with Crippen LogP contribution < -0.4 is 20.3 Å². The van der Waals surface area contributed by atoms with Gasteiger partial charge in [-0.15, -0.1) is 0 Å². The summed E-state index contributed by atoms with van der Waals surface area (Å²) >= 11 is 0. The van der Waals surface area contributed by atoms with Crippen LogP contribution in [0.2, 0.25) is 0 Å². The average molecular weight is 611 g/mol. The Hall–Kier alpha value is -4.43. The molecule has 11 nitrogen and oxygen atoms in total. The molecule has 2 bridgehead atoms. The molecule has 5 heterocycles. The van der Waals surface area contributed by atoms with E-state index in [4.69, 9.17) is 14.5 Å². The van der Waals surface area contributed by atoms with E-state index in [9.17, 15) is 18.0 Å². The van der Waals surface area contributed by atoms with Gasteiger partial charge in [0.2, 0.25) is 0 Å². The van der Waals surface area contributed by atoms with Crippen molar-refractivity contribution in [3.63, 3.8) is 0 Å². The Labute approximate surface area is 252 Å². The Morgan fingerprint density at radius 1 is 1.05 bits per heavy atom. The number of hydrogen-bond acceptors (Lipinski definition) is 8. The zero-order valence-corrected chi connectivity index (χ0v) is 24.3. The first-order valence-corrected chi connectivity index (χ1v) is 14.4. The largest absolute Gasteiger partial charge is 0.492 e. The van der Waals surface area contributed by atoms with E-state index < -0.39 is 18.8 Å². The maximum absolute atomic E-state index is 13.3. The number of rotatable bonds is 9. The molecule has 3 fully saturated rings. The number of halogens is 3. The number of likely N-dealkylation sites (N-methyl/N-ethyl adjacent to an activating group) is 1. The van der Waals surface area contributed by atoms with Crippen molar-refractivity contribution < 1.29 is 27.4 Å². The first kappa shape index (κ1) is 29.6. The van der Waals surface area contributed by atoms with Crippen molar-refractivity contribution in [1.29, 1.82) is 0 Å². The fourth-order valence-electron chi connectivity index (χ4n) is 5.36. The van der Waals surface area contributed by atoms with Crippen molar-refractivity contribution in [3.05, 3.63) is 54.7 Å². The predicted molar refractivity (Wildman–Crippen MR) is 160 cm³/mol. The van der Waals surface area contributed by atoms with Gasteiger partial charge in [0, 0.05) is 30.0 Å². The molecule has 14 heteroatoms. The van der Waals surface area contributed by atoms with E-state index in [2.05, 4.69) is 25.6 Å². The second kappa shape index (κ2) is 12.3. The fourth-order valence-corrected chi connectivity index (χ4v) is 5.36. The van der Waals surface area contributed by atoms with E-state index in [1.165, 1.54) is 6.20 Å². The highest BCUT2D eigenvalue weighted by atomic mass is 19.4. The number of aromatic nitrogens is 4. The molecule has 2 aromatic carbocycles. The molecule has 232 valence electrons. The molecule has 7 rings (SSSR count). The minimum absolute atomic E-state index is 0.0505. The zero-order chi connectivity index (χ0) is 30.8. The van der Waals surface area contributed by atoms with Crippen molar-refractivity contribution in [2.45, 2.75) is 37.7 Å². The van der Waals surface area contributed by atoms with Crippen LogP contribution in [0.5, 0.6) is 5.75 Å². The van der Waals surface area contributed by atoms with Crippen LogP contribution >= 0.6 is 0 Å². The lowest BCUT2D eigenvalue weighted by molar-refractivity contribution is -0.141. The van der Waals surface area contributed by atoms with Crippen molar-refractivity contribution >= 4 is 34.3 Å². The van der Waals surface area contributed by atoms with Crippen LogP contribution in [0.15, 0.2) is 54.7 Å². The van der Waals surface area contributed by atoms with Crippen molar-refractivity contribution in [1.82, 2.24) is 24.6 Å². The second-order valence-electron chi connectivity index (χ2n) is 11.2. The Morgan fingerprint density at radius 3 is 2.34 bits per heavy atom. The standard InChI is InChI=1S/C30H33F3N8O3/c1-39(2)13-14-43-23-10-7-21(8-11-23)36-29(42)35-20-5-3-19(4-6-20)26-37-27(40-16-24-12-9-22(40)17-44-24)25-15-34-41(28(25)38-26)18-30(31,32)33/h3-8,10-11,15,22,24H,9,12-14,16-18H2,1-2H3,(H2,35,36,42). The Bertz CT molecular complexity index is 1600. The number of ether oxygens (including phenoxy) is 2. The summed E-state index contributed by atoms with van der Waals surface area (Å²) in [6.45, 7) is 1.23. The van der Waals surface area contributed by atoms with Crippen molar-refractivity contribution in [2.24, 2.45) is 0 Å². The number of carbonyl (C=O) groups excluding carboxylic acids is 1. The van der Waals surface area contributed by atoms with Crippen LogP contribution in [-0.4, -0.2) is 89.4 Å². The first-order valence-electron chi connectivity index (χ1n) is 14.4.